The number of pyridine rings is 1. The van der Waals surface area contributed by atoms with Crippen molar-refractivity contribution in [2.24, 2.45) is 11.7 Å². The van der Waals surface area contributed by atoms with Gasteiger partial charge in [-0.2, -0.15) is 0 Å². The third-order valence-corrected chi connectivity index (χ3v) is 7.60. The van der Waals surface area contributed by atoms with Crippen molar-refractivity contribution in [3.63, 3.8) is 0 Å². The van der Waals surface area contributed by atoms with Crippen molar-refractivity contribution in [1.82, 2.24) is 9.88 Å². The fraction of sp³-hybridized carbons (Fsp3) is 0.464. The normalized spacial score (nSPS) is 20.2. The fourth-order valence-corrected chi connectivity index (χ4v) is 5.71. The van der Waals surface area contributed by atoms with E-state index in [1.807, 2.05) is 18.3 Å². The van der Waals surface area contributed by atoms with Crippen LogP contribution in [0.3, 0.4) is 0 Å². The summed E-state index contributed by atoms with van der Waals surface area (Å²) in [6.07, 6.45) is 14.8. The minimum absolute atomic E-state index is 0.206. The molecule has 1 aliphatic heterocycles. The Balaban J connectivity index is 1.25. The summed E-state index contributed by atoms with van der Waals surface area (Å²) in [5.74, 6) is 0.971. The van der Waals surface area contributed by atoms with E-state index in [0.717, 1.165) is 38.1 Å². The third kappa shape index (κ3) is 4.67. The molecule has 0 spiro atoms. The highest BCUT2D eigenvalue weighted by Gasteiger charge is 2.30. The Hall–Kier alpha value is -2.43. The number of rotatable bonds is 7. The molecule has 32 heavy (non-hydrogen) atoms. The molecule has 1 saturated carbocycles. The van der Waals surface area contributed by atoms with E-state index >= 15 is 0 Å². The standard InChI is InChI=1S/C28H35N3O/c29-27(22-7-2-1-3-8-22)25(26-11-4-5-16-30-26)14-19-31-17-12-21(13-18-31)24-10-6-9-23-15-20-32-28(23)24/h4-6,9-12,15-16,20,22,25,27H,1-3,7-8,13-14,17-19,29H2. The van der Waals surface area contributed by atoms with Crippen LogP contribution in [0.25, 0.3) is 16.5 Å². The van der Waals surface area contributed by atoms with Gasteiger partial charge in [-0.15, -0.1) is 0 Å². The number of hydrogen-bond donors (Lipinski definition) is 1. The number of benzene rings is 1. The summed E-state index contributed by atoms with van der Waals surface area (Å²) in [5.41, 5.74) is 11.7. The van der Waals surface area contributed by atoms with Gasteiger partial charge in [0.05, 0.1) is 6.26 Å². The molecule has 3 aromatic rings. The summed E-state index contributed by atoms with van der Waals surface area (Å²) in [5, 5.41) is 1.18. The second kappa shape index (κ2) is 10.0. The molecule has 2 aliphatic rings. The maximum atomic E-state index is 6.90. The molecule has 1 fully saturated rings. The number of aromatic nitrogens is 1. The van der Waals surface area contributed by atoms with Gasteiger partial charge < -0.3 is 10.2 Å². The van der Waals surface area contributed by atoms with E-state index in [9.17, 15) is 0 Å². The third-order valence-electron chi connectivity index (χ3n) is 7.60. The lowest BCUT2D eigenvalue weighted by molar-refractivity contribution is 0.239. The van der Waals surface area contributed by atoms with Crippen molar-refractivity contribution >= 4 is 16.5 Å². The predicted molar refractivity (Wildman–Crippen MR) is 131 cm³/mol. The molecule has 1 aromatic carbocycles. The van der Waals surface area contributed by atoms with Gasteiger partial charge in [0, 0.05) is 47.9 Å². The molecule has 2 unspecified atom stereocenters. The molecule has 2 N–H and O–H groups in total. The van der Waals surface area contributed by atoms with Crippen LogP contribution in [0.1, 0.15) is 62.1 Å². The van der Waals surface area contributed by atoms with Gasteiger partial charge in [-0.25, -0.2) is 0 Å². The summed E-state index contributed by atoms with van der Waals surface area (Å²) < 4.78 is 5.77. The first-order valence-corrected chi connectivity index (χ1v) is 12.3. The minimum atomic E-state index is 0.206. The van der Waals surface area contributed by atoms with Crippen molar-refractivity contribution in [3.05, 3.63) is 72.3 Å². The number of furan rings is 1. The van der Waals surface area contributed by atoms with Crippen LogP contribution in [0.2, 0.25) is 0 Å². The number of nitrogens with two attached hydrogens (primary N) is 1. The van der Waals surface area contributed by atoms with Crippen LogP contribution in [0.4, 0.5) is 0 Å². The molecule has 3 heterocycles. The van der Waals surface area contributed by atoms with Gasteiger partial charge in [-0.1, -0.05) is 49.6 Å². The Bertz CT molecular complexity index is 1040. The zero-order chi connectivity index (χ0) is 21.8. The molecular formula is C28H35N3O. The fourth-order valence-electron chi connectivity index (χ4n) is 5.71. The Kier molecular flexibility index (Phi) is 6.70. The lowest BCUT2D eigenvalue weighted by Gasteiger charge is -2.35. The van der Waals surface area contributed by atoms with E-state index in [0.29, 0.717) is 11.8 Å². The van der Waals surface area contributed by atoms with Crippen molar-refractivity contribution in [1.29, 1.82) is 0 Å². The summed E-state index contributed by atoms with van der Waals surface area (Å²) in [6.45, 7) is 3.13. The lowest BCUT2D eigenvalue weighted by atomic mass is 9.77. The molecule has 0 bridgehead atoms. The first-order chi connectivity index (χ1) is 15.8. The van der Waals surface area contributed by atoms with Crippen LogP contribution in [-0.2, 0) is 0 Å². The van der Waals surface area contributed by atoms with Gasteiger partial charge in [-0.05, 0) is 61.9 Å². The number of nitrogens with zero attached hydrogens (tertiary/aromatic N) is 2. The van der Waals surface area contributed by atoms with Crippen molar-refractivity contribution < 1.29 is 4.42 Å². The number of hydrogen-bond acceptors (Lipinski definition) is 4. The predicted octanol–water partition coefficient (Wildman–Crippen LogP) is 6.00. The molecule has 0 radical (unpaired) electrons. The highest BCUT2D eigenvalue weighted by molar-refractivity contribution is 5.89. The van der Waals surface area contributed by atoms with Gasteiger partial charge in [0.2, 0.25) is 0 Å². The van der Waals surface area contributed by atoms with Crippen molar-refractivity contribution in [3.8, 4) is 0 Å². The maximum Gasteiger partial charge on any atom is 0.141 e. The smallest absolute Gasteiger partial charge is 0.141 e. The largest absolute Gasteiger partial charge is 0.464 e. The van der Waals surface area contributed by atoms with Crippen LogP contribution in [-0.4, -0.2) is 35.6 Å². The van der Waals surface area contributed by atoms with Crippen LogP contribution in [0.15, 0.2) is 65.4 Å². The molecule has 4 heteroatoms. The Morgan fingerprint density at radius 1 is 1.06 bits per heavy atom. The molecule has 1 aliphatic carbocycles. The quantitative estimate of drug-likeness (QED) is 0.500. The van der Waals surface area contributed by atoms with Crippen LogP contribution < -0.4 is 5.73 Å². The van der Waals surface area contributed by atoms with Crippen LogP contribution in [0, 0.1) is 5.92 Å². The second-order valence-corrected chi connectivity index (χ2v) is 9.55. The zero-order valence-electron chi connectivity index (χ0n) is 19.0. The van der Waals surface area contributed by atoms with E-state index in [1.54, 1.807) is 6.26 Å². The van der Waals surface area contributed by atoms with E-state index in [1.165, 1.54) is 54.3 Å². The van der Waals surface area contributed by atoms with Crippen LogP contribution >= 0.6 is 0 Å². The highest BCUT2D eigenvalue weighted by atomic mass is 16.3. The Morgan fingerprint density at radius 2 is 1.97 bits per heavy atom. The monoisotopic (exact) mass is 429 g/mol. The number of para-hydroxylation sites is 1. The molecule has 2 aromatic heterocycles. The van der Waals surface area contributed by atoms with Crippen molar-refractivity contribution in [2.45, 2.75) is 56.9 Å². The molecule has 5 rings (SSSR count). The van der Waals surface area contributed by atoms with E-state index in [2.05, 4.69) is 41.3 Å². The van der Waals surface area contributed by atoms with E-state index < -0.39 is 0 Å². The summed E-state index contributed by atoms with van der Waals surface area (Å²) >= 11 is 0. The summed E-state index contributed by atoms with van der Waals surface area (Å²) in [7, 11) is 0. The molecule has 2 atom stereocenters. The van der Waals surface area contributed by atoms with Gasteiger partial charge in [-0.3, -0.25) is 9.88 Å². The second-order valence-electron chi connectivity index (χ2n) is 9.55. The van der Waals surface area contributed by atoms with Crippen LogP contribution in [0.5, 0.6) is 0 Å². The van der Waals surface area contributed by atoms with Gasteiger partial charge in [0.25, 0.3) is 0 Å². The topological polar surface area (TPSA) is 55.3 Å². The first-order valence-electron chi connectivity index (χ1n) is 12.3. The Morgan fingerprint density at radius 3 is 2.75 bits per heavy atom. The van der Waals surface area contributed by atoms with Gasteiger partial charge in [0.15, 0.2) is 0 Å². The molecular weight excluding hydrogens is 394 g/mol. The maximum absolute atomic E-state index is 6.90. The SMILES string of the molecule is NC(C1CCCCC1)C(CCN1CC=C(c2cccc3ccoc23)CC1)c1ccccn1. The number of fused-ring (bicyclic) bond motifs is 1. The average Bonchev–Trinajstić information content (AvgIpc) is 3.35. The van der Waals surface area contributed by atoms with Crippen molar-refractivity contribution in [2.75, 3.05) is 19.6 Å². The molecule has 0 saturated heterocycles. The molecule has 0 amide bonds. The summed E-state index contributed by atoms with van der Waals surface area (Å²) in [6, 6.07) is 15.0. The molecule has 168 valence electrons. The van der Waals surface area contributed by atoms with E-state index in [4.69, 9.17) is 15.1 Å². The Labute approximate surface area is 191 Å². The minimum Gasteiger partial charge on any atom is -0.464 e. The summed E-state index contributed by atoms with van der Waals surface area (Å²) in [4.78, 5) is 7.28. The average molecular weight is 430 g/mol. The lowest BCUT2D eigenvalue weighted by Crippen LogP contribution is -2.40. The van der Waals surface area contributed by atoms with Gasteiger partial charge in [0.1, 0.15) is 5.58 Å². The molecule has 4 nitrogen and oxygen atoms in total. The van der Waals surface area contributed by atoms with Gasteiger partial charge >= 0.3 is 0 Å². The first kappa shape index (κ1) is 21.4. The van der Waals surface area contributed by atoms with E-state index in [-0.39, 0.29) is 6.04 Å². The zero-order valence-corrected chi connectivity index (χ0v) is 19.0. The highest BCUT2D eigenvalue weighted by Crippen LogP contribution is 2.34.